The van der Waals surface area contributed by atoms with Gasteiger partial charge in [-0.25, -0.2) is 23.1 Å². The zero-order valence-corrected chi connectivity index (χ0v) is 20.8. The van der Waals surface area contributed by atoms with Crippen LogP contribution >= 0.6 is 11.3 Å². The zero-order chi connectivity index (χ0) is 26.0. The number of nitrogens with zero attached hydrogens (tertiary/aromatic N) is 5. The summed E-state index contributed by atoms with van der Waals surface area (Å²) in [4.78, 5) is 14.8. The minimum atomic E-state index is -1.12. The van der Waals surface area contributed by atoms with Crippen LogP contribution in [0.5, 0.6) is 0 Å². The third-order valence-corrected chi connectivity index (χ3v) is 7.84. The molecule has 37 heavy (non-hydrogen) atoms. The van der Waals surface area contributed by atoms with Gasteiger partial charge in [-0.2, -0.15) is 5.26 Å². The number of halogens is 3. The largest absolute Gasteiger partial charge is 0.389 e. The summed E-state index contributed by atoms with van der Waals surface area (Å²) in [7, 11) is 0. The molecule has 6 rings (SSSR count). The monoisotopic (exact) mass is 525 g/mol. The Hall–Kier alpha value is -3.53. The van der Waals surface area contributed by atoms with E-state index in [2.05, 4.69) is 20.3 Å². The number of nitrogens with two attached hydrogens (primary N) is 1. The molecule has 1 saturated heterocycles. The number of pyridine rings is 1. The number of anilines is 2. The maximum Gasteiger partial charge on any atom is 0.226 e. The summed E-state index contributed by atoms with van der Waals surface area (Å²) >= 11 is 0.918. The Balaban J connectivity index is 1.55. The molecule has 2 atom stereocenters. The van der Waals surface area contributed by atoms with E-state index in [1.165, 1.54) is 6.20 Å². The predicted octanol–water partition coefficient (Wildman–Crippen LogP) is 4.19. The second-order valence-electron chi connectivity index (χ2n) is 9.53. The van der Waals surface area contributed by atoms with Crippen molar-refractivity contribution in [2.45, 2.75) is 45.3 Å². The Kier molecular flexibility index (Phi) is 5.67. The van der Waals surface area contributed by atoms with Crippen LogP contribution < -0.4 is 16.0 Å². The molecule has 1 fully saturated rings. The Bertz CT molecular complexity index is 1620. The molecule has 2 aliphatic rings. The number of nitrogen functional groups attached to an aromatic ring is 1. The molecule has 3 N–H and O–H groups in total. The molecule has 12 heteroatoms. The van der Waals surface area contributed by atoms with E-state index >= 15 is 4.39 Å². The summed E-state index contributed by atoms with van der Waals surface area (Å²) in [6, 6.07) is 1.71. The fraction of sp³-hybridized carbons (Fsp3) is 0.360. The topological polar surface area (TPSA) is 113 Å². The summed E-state index contributed by atoms with van der Waals surface area (Å²) < 4.78 is 51.4. The van der Waals surface area contributed by atoms with Crippen molar-refractivity contribution in [2.75, 3.05) is 23.7 Å². The van der Waals surface area contributed by atoms with Gasteiger partial charge in [0.1, 0.15) is 22.8 Å². The van der Waals surface area contributed by atoms with Gasteiger partial charge in [0.05, 0.1) is 48.0 Å². The van der Waals surface area contributed by atoms with Gasteiger partial charge in [-0.1, -0.05) is 13.8 Å². The van der Waals surface area contributed by atoms with Gasteiger partial charge in [-0.3, -0.25) is 4.98 Å². The first-order valence-electron chi connectivity index (χ1n) is 11.8. The normalized spacial score (nSPS) is 19.3. The fourth-order valence-electron chi connectivity index (χ4n) is 5.20. The van der Waals surface area contributed by atoms with Gasteiger partial charge in [0, 0.05) is 35.1 Å². The molecule has 4 aromatic rings. The van der Waals surface area contributed by atoms with Crippen molar-refractivity contribution in [2.24, 2.45) is 0 Å². The lowest BCUT2D eigenvalue weighted by molar-refractivity contribution is 0.135. The Morgan fingerprint density at radius 3 is 2.76 bits per heavy atom. The first kappa shape index (κ1) is 23.8. The average Bonchev–Trinajstić information content (AvgIpc) is 3.57. The number of rotatable bonds is 4. The fourth-order valence-corrected chi connectivity index (χ4v) is 6.12. The summed E-state index contributed by atoms with van der Waals surface area (Å²) in [6.45, 7) is 4.63. The van der Waals surface area contributed by atoms with E-state index in [1.54, 1.807) is 4.90 Å². The number of hydrogen-bond donors (Lipinski definition) is 2. The van der Waals surface area contributed by atoms with Gasteiger partial charge in [0.2, 0.25) is 5.95 Å². The quantitative estimate of drug-likeness (QED) is 0.408. The lowest BCUT2D eigenvalue weighted by atomic mass is 9.94. The van der Waals surface area contributed by atoms with Crippen LogP contribution in [0, 0.1) is 23.0 Å². The Labute approximate surface area is 213 Å². The van der Waals surface area contributed by atoms with Gasteiger partial charge in [-0.15, -0.1) is 11.3 Å². The summed E-state index contributed by atoms with van der Waals surface area (Å²) in [5.74, 6) is -1.12. The molecule has 0 saturated carbocycles. The van der Waals surface area contributed by atoms with Gasteiger partial charge >= 0.3 is 0 Å². The van der Waals surface area contributed by atoms with Crippen LogP contribution in [0.4, 0.5) is 24.1 Å². The van der Waals surface area contributed by atoms with Crippen molar-refractivity contribution >= 4 is 43.3 Å². The molecular formula is C25H22F3N7OS. The second kappa shape index (κ2) is 8.79. The summed E-state index contributed by atoms with van der Waals surface area (Å²) in [6.07, 6.45) is 1.41. The van der Waals surface area contributed by atoms with E-state index in [-0.39, 0.29) is 69.2 Å². The summed E-state index contributed by atoms with van der Waals surface area (Å²) in [5.41, 5.74) is 7.50. The highest BCUT2D eigenvalue weighted by Crippen LogP contribution is 2.45. The van der Waals surface area contributed by atoms with Crippen molar-refractivity contribution in [1.82, 2.24) is 20.3 Å². The molecule has 2 aliphatic heterocycles. The minimum Gasteiger partial charge on any atom is -0.389 e. The van der Waals surface area contributed by atoms with E-state index in [1.807, 2.05) is 19.9 Å². The van der Waals surface area contributed by atoms with Crippen LogP contribution in [0.25, 0.3) is 32.2 Å². The van der Waals surface area contributed by atoms with E-state index in [0.29, 0.717) is 23.1 Å². The maximum absolute atomic E-state index is 16.4. The molecule has 0 spiro atoms. The van der Waals surface area contributed by atoms with Crippen LogP contribution in [0.3, 0.4) is 0 Å². The predicted molar refractivity (Wildman–Crippen MR) is 135 cm³/mol. The van der Waals surface area contributed by atoms with Crippen LogP contribution in [-0.2, 0) is 18.0 Å². The van der Waals surface area contributed by atoms with E-state index < -0.39 is 23.8 Å². The molecule has 3 aromatic heterocycles. The molecule has 0 aliphatic carbocycles. The van der Waals surface area contributed by atoms with E-state index in [4.69, 9.17) is 10.5 Å². The Morgan fingerprint density at radius 1 is 1.22 bits per heavy atom. The molecule has 190 valence electrons. The first-order valence-corrected chi connectivity index (χ1v) is 12.6. The van der Waals surface area contributed by atoms with Crippen molar-refractivity contribution in [3.05, 3.63) is 40.7 Å². The standard InChI is InChI=1S/C25H22F3N7OS/c1-10(2)33-17-7-35(6-16(17)27)25-32-4-12-13-8-36-9-14(13)18(20(28)21(12)34-25)22-19-11(3-29)24(30)37-23(19)15(26)5-31-22/h4-5,10,16-17,33H,6-9,30H2,1-2H3/t16-,17+/m0/s1. The van der Waals surface area contributed by atoms with Crippen molar-refractivity contribution in [3.63, 3.8) is 0 Å². The lowest BCUT2D eigenvalue weighted by Crippen LogP contribution is -2.41. The zero-order valence-electron chi connectivity index (χ0n) is 20.0. The number of hydrogen-bond acceptors (Lipinski definition) is 9. The number of benzene rings is 1. The number of nitriles is 1. The van der Waals surface area contributed by atoms with Crippen molar-refractivity contribution in [1.29, 1.82) is 5.26 Å². The van der Waals surface area contributed by atoms with E-state index in [9.17, 15) is 14.0 Å². The molecule has 0 amide bonds. The number of aromatic nitrogens is 3. The molecule has 0 radical (unpaired) electrons. The van der Waals surface area contributed by atoms with Crippen molar-refractivity contribution in [3.8, 4) is 17.3 Å². The number of fused-ring (bicyclic) bond motifs is 4. The van der Waals surface area contributed by atoms with Crippen molar-refractivity contribution < 1.29 is 17.9 Å². The number of ether oxygens (including phenoxy) is 1. The lowest BCUT2D eigenvalue weighted by Gasteiger charge is -2.19. The molecular weight excluding hydrogens is 503 g/mol. The van der Waals surface area contributed by atoms with Crippen LogP contribution in [0.1, 0.15) is 30.5 Å². The van der Waals surface area contributed by atoms with Gasteiger partial charge in [0.15, 0.2) is 11.6 Å². The molecule has 0 unspecified atom stereocenters. The molecule has 1 aromatic carbocycles. The minimum absolute atomic E-state index is 0.0286. The molecule has 8 nitrogen and oxygen atoms in total. The highest BCUT2D eigenvalue weighted by molar-refractivity contribution is 7.23. The molecule has 5 heterocycles. The highest BCUT2D eigenvalue weighted by Gasteiger charge is 2.35. The third kappa shape index (κ3) is 3.68. The van der Waals surface area contributed by atoms with Crippen LogP contribution in [0.2, 0.25) is 0 Å². The van der Waals surface area contributed by atoms with Crippen LogP contribution in [0.15, 0.2) is 12.4 Å². The van der Waals surface area contributed by atoms with E-state index in [0.717, 1.165) is 17.5 Å². The maximum atomic E-state index is 16.4. The van der Waals surface area contributed by atoms with Gasteiger partial charge in [0.25, 0.3) is 0 Å². The highest BCUT2D eigenvalue weighted by atomic mass is 32.1. The third-order valence-electron chi connectivity index (χ3n) is 6.81. The summed E-state index contributed by atoms with van der Waals surface area (Å²) in [5, 5.41) is 13.7. The second-order valence-corrected chi connectivity index (χ2v) is 10.6. The van der Waals surface area contributed by atoms with Gasteiger partial charge in [-0.05, 0) is 11.1 Å². The molecule has 0 bridgehead atoms. The first-order chi connectivity index (χ1) is 17.8. The number of thiophene rings is 1. The number of nitrogens with one attached hydrogen (secondary N) is 1. The number of alkyl halides is 1. The van der Waals surface area contributed by atoms with Gasteiger partial charge < -0.3 is 20.7 Å². The van der Waals surface area contributed by atoms with Crippen LogP contribution in [-0.4, -0.2) is 46.3 Å². The Morgan fingerprint density at radius 2 is 2.00 bits per heavy atom. The SMILES string of the molecule is CC(C)N[C@@H]1CN(c2ncc3c4c(c(-c5ncc(F)c6sc(N)c(C#N)c56)c(F)c3n2)COC4)C[C@@H]1F. The average molecular weight is 526 g/mol. The smallest absolute Gasteiger partial charge is 0.226 e.